The maximum absolute atomic E-state index is 11.6. The van der Waals surface area contributed by atoms with Crippen LogP contribution in [0.25, 0.3) is 0 Å². The monoisotopic (exact) mass is 239 g/mol. The summed E-state index contributed by atoms with van der Waals surface area (Å²) < 4.78 is 6.82. The van der Waals surface area contributed by atoms with Gasteiger partial charge in [0.05, 0.1) is 12.8 Å². The third-order valence-electron chi connectivity index (χ3n) is 2.86. The summed E-state index contributed by atoms with van der Waals surface area (Å²) in [6.45, 7) is 6.84. The Morgan fingerprint density at radius 3 is 2.76 bits per heavy atom. The van der Waals surface area contributed by atoms with Crippen LogP contribution in [0.3, 0.4) is 0 Å². The number of hydrogen-bond acceptors (Lipinski definition) is 4. The van der Waals surface area contributed by atoms with E-state index in [2.05, 4.69) is 10.4 Å². The number of hydrogen-bond donors (Lipinski definition) is 1. The van der Waals surface area contributed by atoms with E-state index in [1.165, 1.54) is 0 Å². The molecular formula is C12H21N3O2. The maximum Gasteiger partial charge on any atom is 0.323 e. The largest absolute Gasteiger partial charge is 0.465 e. The molecule has 5 heteroatoms. The molecule has 17 heavy (non-hydrogen) atoms. The van der Waals surface area contributed by atoms with Crippen molar-refractivity contribution >= 4 is 5.97 Å². The summed E-state index contributed by atoms with van der Waals surface area (Å²) in [7, 11) is 1.90. The molecule has 0 aromatic carbocycles. The SMILES string of the molecule is CCOC(=O)C(CC)NCc1cnn(C)c1C. The van der Waals surface area contributed by atoms with Crippen molar-refractivity contribution in [3.63, 3.8) is 0 Å². The summed E-state index contributed by atoms with van der Waals surface area (Å²) in [4.78, 5) is 11.6. The molecule has 0 aliphatic rings. The van der Waals surface area contributed by atoms with Crippen LogP contribution in [0.2, 0.25) is 0 Å². The molecule has 0 saturated heterocycles. The highest BCUT2D eigenvalue weighted by atomic mass is 16.5. The van der Waals surface area contributed by atoms with E-state index in [-0.39, 0.29) is 12.0 Å². The molecule has 1 aromatic rings. The van der Waals surface area contributed by atoms with Gasteiger partial charge in [-0.25, -0.2) is 0 Å². The number of ether oxygens (including phenoxy) is 1. The molecule has 5 nitrogen and oxygen atoms in total. The molecule has 1 N–H and O–H groups in total. The third-order valence-corrected chi connectivity index (χ3v) is 2.86. The topological polar surface area (TPSA) is 56.1 Å². The van der Waals surface area contributed by atoms with Crippen molar-refractivity contribution in [1.29, 1.82) is 0 Å². The molecule has 1 rings (SSSR count). The van der Waals surface area contributed by atoms with Crippen LogP contribution in [0.1, 0.15) is 31.5 Å². The summed E-state index contributed by atoms with van der Waals surface area (Å²) in [6, 6.07) is -0.241. The van der Waals surface area contributed by atoms with E-state index in [9.17, 15) is 4.79 Å². The first-order chi connectivity index (χ1) is 8.10. The van der Waals surface area contributed by atoms with E-state index in [1.807, 2.05) is 38.7 Å². The van der Waals surface area contributed by atoms with Crippen LogP contribution >= 0.6 is 0 Å². The first-order valence-corrected chi connectivity index (χ1v) is 5.97. The van der Waals surface area contributed by atoms with Gasteiger partial charge in [-0.05, 0) is 20.3 Å². The Kier molecular flexibility index (Phi) is 5.15. The van der Waals surface area contributed by atoms with Gasteiger partial charge in [0.1, 0.15) is 6.04 Å². The fraction of sp³-hybridized carbons (Fsp3) is 0.667. The summed E-state index contributed by atoms with van der Waals surface area (Å²) >= 11 is 0. The van der Waals surface area contributed by atoms with Gasteiger partial charge in [0, 0.05) is 24.8 Å². The van der Waals surface area contributed by atoms with Gasteiger partial charge < -0.3 is 10.1 Å². The number of rotatable bonds is 6. The second-order valence-electron chi connectivity index (χ2n) is 3.97. The van der Waals surface area contributed by atoms with Crippen LogP contribution in [0, 0.1) is 6.92 Å². The van der Waals surface area contributed by atoms with Gasteiger partial charge in [-0.3, -0.25) is 9.48 Å². The molecule has 1 unspecified atom stereocenters. The average molecular weight is 239 g/mol. The van der Waals surface area contributed by atoms with E-state index >= 15 is 0 Å². The van der Waals surface area contributed by atoms with Gasteiger partial charge in [-0.2, -0.15) is 5.10 Å². The van der Waals surface area contributed by atoms with Crippen molar-refractivity contribution in [3.05, 3.63) is 17.5 Å². The second-order valence-corrected chi connectivity index (χ2v) is 3.97. The maximum atomic E-state index is 11.6. The summed E-state index contributed by atoms with van der Waals surface area (Å²) in [5, 5.41) is 7.36. The van der Waals surface area contributed by atoms with Gasteiger partial charge in [-0.15, -0.1) is 0 Å². The van der Waals surface area contributed by atoms with Crippen LogP contribution in [0.5, 0.6) is 0 Å². The smallest absolute Gasteiger partial charge is 0.323 e. The Morgan fingerprint density at radius 2 is 2.29 bits per heavy atom. The minimum Gasteiger partial charge on any atom is -0.465 e. The lowest BCUT2D eigenvalue weighted by Crippen LogP contribution is -2.37. The highest BCUT2D eigenvalue weighted by Crippen LogP contribution is 2.06. The van der Waals surface area contributed by atoms with E-state index in [0.717, 1.165) is 17.7 Å². The number of carbonyl (C=O) groups excluding carboxylic acids is 1. The molecular weight excluding hydrogens is 218 g/mol. The van der Waals surface area contributed by atoms with E-state index in [1.54, 1.807) is 0 Å². The zero-order chi connectivity index (χ0) is 12.8. The van der Waals surface area contributed by atoms with Crippen molar-refractivity contribution < 1.29 is 9.53 Å². The summed E-state index contributed by atoms with van der Waals surface area (Å²) in [6.07, 6.45) is 2.54. The molecule has 0 radical (unpaired) electrons. The molecule has 0 amide bonds. The van der Waals surface area contributed by atoms with Crippen molar-refractivity contribution in [2.24, 2.45) is 7.05 Å². The van der Waals surface area contributed by atoms with Crippen LogP contribution in [-0.2, 0) is 23.1 Å². The van der Waals surface area contributed by atoms with Gasteiger partial charge >= 0.3 is 5.97 Å². The Labute approximate surface area is 102 Å². The van der Waals surface area contributed by atoms with E-state index in [0.29, 0.717) is 13.2 Å². The summed E-state index contributed by atoms with van der Waals surface area (Å²) in [5.74, 6) is -0.184. The highest BCUT2D eigenvalue weighted by molar-refractivity contribution is 5.75. The number of aryl methyl sites for hydroxylation is 1. The quantitative estimate of drug-likeness (QED) is 0.757. The highest BCUT2D eigenvalue weighted by Gasteiger charge is 2.17. The molecule has 1 atom stereocenters. The first-order valence-electron chi connectivity index (χ1n) is 5.97. The van der Waals surface area contributed by atoms with Crippen LogP contribution in [-0.4, -0.2) is 28.4 Å². The van der Waals surface area contributed by atoms with Crippen molar-refractivity contribution in [2.45, 2.75) is 39.8 Å². The molecule has 96 valence electrons. The minimum atomic E-state index is -0.241. The molecule has 0 fully saturated rings. The van der Waals surface area contributed by atoms with Crippen molar-refractivity contribution in [1.82, 2.24) is 15.1 Å². The molecule has 0 aliphatic carbocycles. The fourth-order valence-corrected chi connectivity index (χ4v) is 1.59. The first kappa shape index (κ1) is 13.7. The van der Waals surface area contributed by atoms with Gasteiger partial charge in [0.15, 0.2) is 0 Å². The number of esters is 1. The Balaban J connectivity index is 2.53. The van der Waals surface area contributed by atoms with Crippen LogP contribution < -0.4 is 5.32 Å². The predicted molar refractivity (Wildman–Crippen MR) is 65.5 cm³/mol. The van der Waals surface area contributed by atoms with E-state index in [4.69, 9.17) is 4.74 Å². The Hall–Kier alpha value is -1.36. The number of nitrogens with zero attached hydrogens (tertiary/aromatic N) is 2. The Bertz CT molecular complexity index is 374. The van der Waals surface area contributed by atoms with Crippen LogP contribution in [0.15, 0.2) is 6.20 Å². The normalized spacial score (nSPS) is 12.5. The molecule has 0 saturated carbocycles. The standard InChI is InChI=1S/C12H21N3O2/c1-5-11(12(16)17-6-2)13-7-10-8-14-15(4)9(10)3/h8,11,13H,5-7H2,1-4H3. The average Bonchev–Trinajstić information content (AvgIpc) is 2.62. The van der Waals surface area contributed by atoms with Gasteiger partial charge in [-0.1, -0.05) is 6.92 Å². The van der Waals surface area contributed by atoms with Gasteiger partial charge in [0.25, 0.3) is 0 Å². The van der Waals surface area contributed by atoms with Crippen molar-refractivity contribution in [2.75, 3.05) is 6.61 Å². The molecule has 1 aromatic heterocycles. The summed E-state index contributed by atoms with van der Waals surface area (Å²) in [5.41, 5.74) is 2.21. The molecule has 0 bridgehead atoms. The molecule has 1 heterocycles. The van der Waals surface area contributed by atoms with Crippen molar-refractivity contribution in [3.8, 4) is 0 Å². The lowest BCUT2D eigenvalue weighted by molar-refractivity contribution is -0.145. The zero-order valence-corrected chi connectivity index (χ0v) is 11.0. The third kappa shape index (κ3) is 3.56. The fourth-order valence-electron chi connectivity index (χ4n) is 1.59. The lowest BCUT2D eigenvalue weighted by Gasteiger charge is -2.15. The number of aromatic nitrogens is 2. The molecule has 0 aliphatic heterocycles. The number of nitrogens with one attached hydrogen (secondary N) is 1. The lowest BCUT2D eigenvalue weighted by atomic mass is 10.2. The second kappa shape index (κ2) is 6.39. The van der Waals surface area contributed by atoms with Gasteiger partial charge in [0.2, 0.25) is 0 Å². The molecule has 0 spiro atoms. The Morgan fingerprint density at radius 1 is 1.59 bits per heavy atom. The van der Waals surface area contributed by atoms with E-state index < -0.39 is 0 Å². The predicted octanol–water partition coefficient (Wildman–Crippen LogP) is 1.16. The minimum absolute atomic E-state index is 0.184. The zero-order valence-electron chi connectivity index (χ0n) is 11.0. The number of carbonyl (C=O) groups is 1. The van der Waals surface area contributed by atoms with Crippen LogP contribution in [0.4, 0.5) is 0 Å².